The molecule has 110 valence electrons. The standard InChI is InChI=1S/C15H22ClN3O/c1-12(15(20)19-9-7-17-8-10-19)18(2)11-13-3-5-14(16)6-4-13/h3-6,12,17H,7-11H2,1-2H3. The second kappa shape index (κ2) is 7.07. The molecule has 20 heavy (non-hydrogen) atoms. The zero-order valence-corrected chi connectivity index (χ0v) is 12.9. The van der Waals surface area contributed by atoms with Crippen LogP contribution in [0.3, 0.4) is 0 Å². The number of nitrogens with zero attached hydrogens (tertiary/aromatic N) is 2. The van der Waals surface area contributed by atoms with Crippen LogP contribution in [-0.4, -0.2) is 55.0 Å². The quantitative estimate of drug-likeness (QED) is 0.916. The fourth-order valence-electron chi connectivity index (χ4n) is 2.35. The van der Waals surface area contributed by atoms with Gasteiger partial charge in [0, 0.05) is 37.7 Å². The van der Waals surface area contributed by atoms with Gasteiger partial charge in [-0.2, -0.15) is 0 Å². The van der Waals surface area contributed by atoms with Crippen LogP contribution in [0.2, 0.25) is 5.02 Å². The Morgan fingerprint density at radius 3 is 2.55 bits per heavy atom. The van der Waals surface area contributed by atoms with Gasteiger partial charge in [-0.25, -0.2) is 0 Å². The van der Waals surface area contributed by atoms with E-state index in [1.54, 1.807) is 0 Å². The Labute approximate surface area is 125 Å². The monoisotopic (exact) mass is 295 g/mol. The zero-order valence-electron chi connectivity index (χ0n) is 12.1. The molecule has 0 radical (unpaired) electrons. The second-order valence-electron chi connectivity index (χ2n) is 5.29. The molecule has 0 aromatic heterocycles. The van der Waals surface area contributed by atoms with Crippen molar-refractivity contribution >= 4 is 17.5 Å². The molecule has 5 heteroatoms. The molecule has 1 heterocycles. The maximum Gasteiger partial charge on any atom is 0.239 e. The lowest BCUT2D eigenvalue weighted by Crippen LogP contribution is -2.52. The van der Waals surface area contributed by atoms with E-state index in [2.05, 4.69) is 10.2 Å². The maximum absolute atomic E-state index is 12.4. The summed E-state index contributed by atoms with van der Waals surface area (Å²) in [6.07, 6.45) is 0. The summed E-state index contributed by atoms with van der Waals surface area (Å²) in [6.45, 7) is 6.10. The molecule has 1 amide bonds. The molecule has 1 aliphatic rings. The van der Waals surface area contributed by atoms with Gasteiger partial charge in [0.15, 0.2) is 0 Å². The van der Waals surface area contributed by atoms with E-state index < -0.39 is 0 Å². The number of halogens is 1. The van der Waals surface area contributed by atoms with E-state index in [4.69, 9.17) is 11.6 Å². The van der Waals surface area contributed by atoms with Gasteiger partial charge in [-0.05, 0) is 31.7 Å². The first kappa shape index (κ1) is 15.3. The predicted octanol–water partition coefficient (Wildman–Crippen LogP) is 1.59. The minimum absolute atomic E-state index is 0.108. The van der Waals surface area contributed by atoms with E-state index in [0.717, 1.165) is 43.3 Å². The van der Waals surface area contributed by atoms with Crippen LogP contribution in [0.1, 0.15) is 12.5 Å². The molecule has 0 aliphatic carbocycles. The first-order chi connectivity index (χ1) is 9.58. The van der Waals surface area contributed by atoms with Gasteiger partial charge in [-0.1, -0.05) is 23.7 Å². The van der Waals surface area contributed by atoms with Crippen molar-refractivity contribution in [3.63, 3.8) is 0 Å². The first-order valence-corrected chi connectivity index (χ1v) is 7.40. The maximum atomic E-state index is 12.4. The highest BCUT2D eigenvalue weighted by Gasteiger charge is 2.24. The normalized spacial score (nSPS) is 17.3. The number of nitrogens with one attached hydrogen (secondary N) is 1. The fraction of sp³-hybridized carbons (Fsp3) is 0.533. The third kappa shape index (κ3) is 3.95. The predicted molar refractivity (Wildman–Crippen MR) is 81.8 cm³/mol. The number of carbonyl (C=O) groups is 1. The van der Waals surface area contributed by atoms with Crippen LogP contribution in [-0.2, 0) is 11.3 Å². The van der Waals surface area contributed by atoms with E-state index in [-0.39, 0.29) is 11.9 Å². The van der Waals surface area contributed by atoms with E-state index >= 15 is 0 Å². The number of rotatable bonds is 4. The van der Waals surface area contributed by atoms with Gasteiger partial charge in [0.25, 0.3) is 0 Å². The average Bonchev–Trinajstić information content (AvgIpc) is 2.49. The minimum Gasteiger partial charge on any atom is -0.339 e. The van der Waals surface area contributed by atoms with Crippen molar-refractivity contribution in [3.05, 3.63) is 34.9 Å². The second-order valence-corrected chi connectivity index (χ2v) is 5.73. The van der Waals surface area contributed by atoms with Gasteiger partial charge in [-0.15, -0.1) is 0 Å². The molecule has 1 N–H and O–H groups in total. The molecule has 1 aliphatic heterocycles. The third-order valence-electron chi connectivity index (χ3n) is 3.79. The highest BCUT2D eigenvalue weighted by molar-refractivity contribution is 6.30. The molecule has 1 fully saturated rings. The highest BCUT2D eigenvalue weighted by Crippen LogP contribution is 2.13. The minimum atomic E-state index is -0.108. The molecule has 4 nitrogen and oxygen atoms in total. The lowest BCUT2D eigenvalue weighted by molar-refractivity contribution is -0.136. The number of hydrogen-bond acceptors (Lipinski definition) is 3. The Bertz CT molecular complexity index is 443. The molecule has 1 unspecified atom stereocenters. The number of likely N-dealkylation sites (N-methyl/N-ethyl adjacent to an activating group) is 1. The Balaban J connectivity index is 1.91. The van der Waals surface area contributed by atoms with Gasteiger partial charge in [0.2, 0.25) is 5.91 Å². The summed E-state index contributed by atoms with van der Waals surface area (Å²) in [4.78, 5) is 16.4. The molecular formula is C15H22ClN3O. The fourth-order valence-corrected chi connectivity index (χ4v) is 2.48. The van der Waals surface area contributed by atoms with Crippen LogP contribution >= 0.6 is 11.6 Å². The molecular weight excluding hydrogens is 274 g/mol. The lowest BCUT2D eigenvalue weighted by atomic mass is 10.1. The van der Waals surface area contributed by atoms with E-state index in [1.165, 1.54) is 0 Å². The molecule has 2 rings (SSSR count). The number of hydrogen-bond donors (Lipinski definition) is 1. The van der Waals surface area contributed by atoms with Crippen LogP contribution in [0.5, 0.6) is 0 Å². The summed E-state index contributed by atoms with van der Waals surface area (Å²) in [6, 6.07) is 7.66. The number of benzene rings is 1. The average molecular weight is 296 g/mol. The molecule has 1 aromatic carbocycles. The SMILES string of the molecule is CC(C(=O)N1CCNCC1)N(C)Cc1ccc(Cl)cc1. The Hall–Kier alpha value is -1.10. The van der Waals surface area contributed by atoms with Gasteiger partial charge in [0.05, 0.1) is 6.04 Å². The topological polar surface area (TPSA) is 35.6 Å². The van der Waals surface area contributed by atoms with Crippen molar-refractivity contribution in [1.29, 1.82) is 0 Å². The molecule has 1 aromatic rings. The summed E-state index contributed by atoms with van der Waals surface area (Å²) >= 11 is 5.88. The van der Waals surface area contributed by atoms with Crippen LogP contribution in [0, 0.1) is 0 Å². The number of amides is 1. The summed E-state index contributed by atoms with van der Waals surface area (Å²) in [5.41, 5.74) is 1.16. The van der Waals surface area contributed by atoms with Gasteiger partial charge in [-0.3, -0.25) is 9.69 Å². The molecule has 0 saturated carbocycles. The number of piperazine rings is 1. The molecule has 0 spiro atoms. The Morgan fingerprint density at radius 2 is 1.95 bits per heavy atom. The van der Waals surface area contributed by atoms with Crippen molar-refractivity contribution in [2.75, 3.05) is 33.2 Å². The van der Waals surface area contributed by atoms with Gasteiger partial charge in [0.1, 0.15) is 0 Å². The van der Waals surface area contributed by atoms with Crippen molar-refractivity contribution in [1.82, 2.24) is 15.1 Å². The van der Waals surface area contributed by atoms with Crippen LogP contribution in [0.25, 0.3) is 0 Å². The largest absolute Gasteiger partial charge is 0.339 e. The van der Waals surface area contributed by atoms with Crippen LogP contribution < -0.4 is 5.32 Å². The summed E-state index contributed by atoms with van der Waals surface area (Å²) in [5.74, 6) is 0.211. The van der Waals surface area contributed by atoms with E-state index in [9.17, 15) is 4.79 Å². The van der Waals surface area contributed by atoms with Crippen LogP contribution in [0.15, 0.2) is 24.3 Å². The first-order valence-electron chi connectivity index (χ1n) is 7.02. The molecule has 1 atom stereocenters. The van der Waals surface area contributed by atoms with Crippen molar-refractivity contribution < 1.29 is 4.79 Å². The number of carbonyl (C=O) groups excluding carboxylic acids is 1. The molecule has 0 bridgehead atoms. The molecule has 1 saturated heterocycles. The summed E-state index contributed by atoms with van der Waals surface area (Å²) in [5, 5.41) is 4.00. The Morgan fingerprint density at radius 1 is 1.35 bits per heavy atom. The Kier molecular flexibility index (Phi) is 5.40. The van der Waals surface area contributed by atoms with Gasteiger partial charge < -0.3 is 10.2 Å². The highest BCUT2D eigenvalue weighted by atomic mass is 35.5. The smallest absolute Gasteiger partial charge is 0.239 e. The van der Waals surface area contributed by atoms with Crippen molar-refractivity contribution in [2.45, 2.75) is 19.5 Å². The van der Waals surface area contributed by atoms with E-state index in [0.29, 0.717) is 0 Å². The zero-order chi connectivity index (χ0) is 14.5. The van der Waals surface area contributed by atoms with Crippen molar-refractivity contribution in [3.8, 4) is 0 Å². The third-order valence-corrected chi connectivity index (χ3v) is 4.04. The van der Waals surface area contributed by atoms with Crippen LogP contribution in [0.4, 0.5) is 0 Å². The van der Waals surface area contributed by atoms with Gasteiger partial charge >= 0.3 is 0 Å². The van der Waals surface area contributed by atoms with Crippen molar-refractivity contribution in [2.24, 2.45) is 0 Å². The van der Waals surface area contributed by atoms with E-state index in [1.807, 2.05) is 43.1 Å². The summed E-state index contributed by atoms with van der Waals surface area (Å²) < 4.78 is 0. The lowest BCUT2D eigenvalue weighted by Gasteiger charge is -2.33. The summed E-state index contributed by atoms with van der Waals surface area (Å²) in [7, 11) is 1.99.